The zero-order valence-electron chi connectivity index (χ0n) is 22.3. The van der Waals surface area contributed by atoms with Crippen molar-refractivity contribution in [2.24, 2.45) is 52.3 Å². The number of hydrogen-bond donors (Lipinski definition) is 1. The molecule has 5 nitrogen and oxygen atoms in total. The van der Waals surface area contributed by atoms with Gasteiger partial charge < -0.3 is 14.6 Å². The Kier molecular flexibility index (Phi) is 7.45. The van der Waals surface area contributed by atoms with E-state index in [0.29, 0.717) is 41.9 Å². The molecule has 4 fully saturated rings. The van der Waals surface area contributed by atoms with Crippen LogP contribution in [0.1, 0.15) is 98.8 Å². The minimum Gasteiger partial charge on any atom is -0.469 e. The molecule has 0 aliphatic heterocycles. The predicted molar refractivity (Wildman–Crippen MR) is 132 cm³/mol. The first-order valence-corrected chi connectivity index (χ1v) is 14.0. The molecule has 0 spiro atoms. The molecule has 4 aliphatic rings. The van der Waals surface area contributed by atoms with Crippen molar-refractivity contribution < 1.29 is 24.2 Å². The molecule has 0 saturated heterocycles. The van der Waals surface area contributed by atoms with Crippen molar-refractivity contribution in [3.8, 4) is 0 Å². The van der Waals surface area contributed by atoms with Crippen molar-refractivity contribution in [3.05, 3.63) is 0 Å². The third-order valence-corrected chi connectivity index (χ3v) is 11.5. The number of carbonyl (C=O) groups excluding carboxylic acids is 2. The number of hydrogen-bond acceptors (Lipinski definition) is 5. The summed E-state index contributed by atoms with van der Waals surface area (Å²) in [5.41, 5.74) is 0.464. The van der Waals surface area contributed by atoms with Crippen LogP contribution in [-0.4, -0.2) is 36.4 Å². The van der Waals surface area contributed by atoms with Crippen LogP contribution in [0.2, 0.25) is 0 Å². The van der Waals surface area contributed by atoms with Crippen molar-refractivity contribution in [1.29, 1.82) is 0 Å². The second-order valence-corrected chi connectivity index (χ2v) is 12.8. The van der Waals surface area contributed by atoms with E-state index in [-0.39, 0.29) is 40.9 Å². The molecule has 0 radical (unpaired) electrons. The lowest BCUT2D eigenvalue weighted by Gasteiger charge is -2.64. The SMILES string of the molecule is CC[C@H]1[C@@H](O)C2C3CCC([C@H](C)CCC(=O)OC)[C@@]3(C)CCC2[C@@]2(C)CC[C@@H](OC(C)=O)C[C@@H]12. The highest BCUT2D eigenvalue weighted by Gasteiger charge is 2.65. The van der Waals surface area contributed by atoms with E-state index in [4.69, 9.17) is 9.47 Å². The number of carbonyl (C=O) groups is 2. The van der Waals surface area contributed by atoms with E-state index in [9.17, 15) is 14.7 Å². The second kappa shape index (κ2) is 9.75. The van der Waals surface area contributed by atoms with E-state index in [1.165, 1.54) is 39.7 Å². The Morgan fingerprint density at radius 3 is 2.35 bits per heavy atom. The van der Waals surface area contributed by atoms with E-state index < -0.39 is 0 Å². The lowest BCUT2D eigenvalue weighted by atomic mass is 9.41. The van der Waals surface area contributed by atoms with Gasteiger partial charge in [-0.25, -0.2) is 0 Å². The Balaban J connectivity index is 1.56. The van der Waals surface area contributed by atoms with Crippen LogP contribution in [0.5, 0.6) is 0 Å². The summed E-state index contributed by atoms with van der Waals surface area (Å²) >= 11 is 0. The lowest BCUT2D eigenvalue weighted by molar-refractivity contribution is -0.207. The van der Waals surface area contributed by atoms with Gasteiger partial charge >= 0.3 is 11.9 Å². The van der Waals surface area contributed by atoms with Gasteiger partial charge in [-0.1, -0.05) is 34.1 Å². The van der Waals surface area contributed by atoms with Gasteiger partial charge in [0.15, 0.2) is 0 Å². The first kappa shape index (κ1) is 26.0. The van der Waals surface area contributed by atoms with Crippen LogP contribution in [0.15, 0.2) is 0 Å². The Labute approximate surface area is 206 Å². The van der Waals surface area contributed by atoms with Crippen LogP contribution in [0, 0.1) is 52.3 Å². The number of ether oxygens (including phenoxy) is 2. The summed E-state index contributed by atoms with van der Waals surface area (Å²) in [6, 6.07) is 0. The highest BCUT2D eigenvalue weighted by atomic mass is 16.5. The van der Waals surface area contributed by atoms with Crippen LogP contribution >= 0.6 is 0 Å². The molecular weight excluding hydrogens is 428 g/mol. The van der Waals surface area contributed by atoms with Gasteiger partial charge in [-0.15, -0.1) is 0 Å². The molecular formula is C29H48O5. The summed E-state index contributed by atoms with van der Waals surface area (Å²) in [6.07, 6.45) is 9.92. The van der Waals surface area contributed by atoms with Gasteiger partial charge in [0.05, 0.1) is 13.2 Å². The Hall–Kier alpha value is -1.10. The zero-order chi connectivity index (χ0) is 24.8. The number of aliphatic hydroxyl groups is 1. The summed E-state index contributed by atoms with van der Waals surface area (Å²) in [7, 11) is 1.48. The van der Waals surface area contributed by atoms with Gasteiger partial charge in [-0.3, -0.25) is 9.59 Å². The number of esters is 2. The van der Waals surface area contributed by atoms with Gasteiger partial charge in [0, 0.05) is 13.3 Å². The van der Waals surface area contributed by atoms with E-state index >= 15 is 0 Å². The third-order valence-electron chi connectivity index (χ3n) is 11.5. The van der Waals surface area contributed by atoms with Gasteiger partial charge in [0.2, 0.25) is 0 Å². The molecule has 4 unspecified atom stereocenters. The van der Waals surface area contributed by atoms with E-state index in [1.807, 2.05) is 0 Å². The van der Waals surface area contributed by atoms with Gasteiger partial charge in [-0.2, -0.15) is 0 Å². The van der Waals surface area contributed by atoms with Gasteiger partial charge in [0.1, 0.15) is 6.10 Å². The maximum Gasteiger partial charge on any atom is 0.305 e. The standard InChI is InChI=1S/C29H48O5/c1-7-20-24-16-19(34-18(3)30)12-14-29(24,5)23-13-15-28(4)21(17(2)8-11-25(31)33-6)9-10-22(28)26(23)27(20)32/h17,19-24,26-27,32H,7-16H2,1-6H3/t17-,19-,20-,21?,22?,23?,24+,26?,27-,28-,29-/m1/s1. The van der Waals surface area contributed by atoms with E-state index in [2.05, 4.69) is 27.7 Å². The van der Waals surface area contributed by atoms with Crippen molar-refractivity contribution >= 4 is 11.9 Å². The zero-order valence-corrected chi connectivity index (χ0v) is 22.3. The summed E-state index contributed by atoms with van der Waals surface area (Å²) in [5, 5.41) is 11.9. The summed E-state index contributed by atoms with van der Waals surface area (Å²) in [6.45, 7) is 11.1. The Morgan fingerprint density at radius 1 is 1.03 bits per heavy atom. The molecule has 1 N–H and O–H groups in total. The van der Waals surface area contributed by atoms with Crippen LogP contribution in [-0.2, 0) is 19.1 Å². The smallest absolute Gasteiger partial charge is 0.305 e. The predicted octanol–water partition coefficient (Wildman–Crippen LogP) is 5.77. The first-order chi connectivity index (χ1) is 16.1. The molecule has 0 amide bonds. The van der Waals surface area contributed by atoms with E-state index in [0.717, 1.165) is 32.1 Å². The summed E-state index contributed by atoms with van der Waals surface area (Å²) < 4.78 is 10.6. The van der Waals surface area contributed by atoms with Crippen molar-refractivity contribution in [3.63, 3.8) is 0 Å². The molecule has 0 aromatic heterocycles. The molecule has 0 heterocycles. The number of rotatable bonds is 6. The van der Waals surface area contributed by atoms with E-state index in [1.54, 1.807) is 0 Å². The van der Waals surface area contributed by atoms with Gasteiger partial charge in [0.25, 0.3) is 0 Å². The molecule has 4 saturated carbocycles. The Morgan fingerprint density at radius 2 is 1.71 bits per heavy atom. The molecule has 0 aromatic carbocycles. The van der Waals surface area contributed by atoms with Crippen molar-refractivity contribution in [2.75, 3.05) is 7.11 Å². The monoisotopic (exact) mass is 476 g/mol. The third kappa shape index (κ3) is 4.22. The highest BCUT2D eigenvalue weighted by molar-refractivity contribution is 5.69. The van der Waals surface area contributed by atoms with Crippen LogP contribution in [0.25, 0.3) is 0 Å². The van der Waals surface area contributed by atoms with Crippen LogP contribution in [0.4, 0.5) is 0 Å². The maximum atomic E-state index is 11.9. The average Bonchev–Trinajstić information content (AvgIpc) is 3.15. The number of fused-ring (bicyclic) bond motifs is 5. The highest BCUT2D eigenvalue weighted by Crippen LogP contribution is 2.69. The minimum atomic E-state index is -0.266. The molecule has 0 aromatic rings. The summed E-state index contributed by atoms with van der Waals surface area (Å²) in [5.74, 6) is 3.01. The largest absolute Gasteiger partial charge is 0.469 e. The molecule has 5 heteroatoms. The number of aliphatic hydroxyl groups excluding tert-OH is 1. The fourth-order valence-corrected chi connectivity index (χ4v) is 9.91. The molecule has 194 valence electrons. The molecule has 0 bridgehead atoms. The average molecular weight is 477 g/mol. The van der Waals surface area contributed by atoms with Crippen molar-refractivity contribution in [2.45, 2.75) is 111 Å². The molecule has 4 rings (SSSR count). The fourth-order valence-electron chi connectivity index (χ4n) is 9.91. The number of methoxy groups -OCH3 is 1. The van der Waals surface area contributed by atoms with Gasteiger partial charge in [-0.05, 0) is 104 Å². The minimum absolute atomic E-state index is 0.00810. The van der Waals surface area contributed by atoms with Crippen LogP contribution in [0.3, 0.4) is 0 Å². The molecule has 4 aliphatic carbocycles. The first-order valence-electron chi connectivity index (χ1n) is 14.0. The summed E-state index contributed by atoms with van der Waals surface area (Å²) in [4.78, 5) is 23.4. The molecule has 34 heavy (non-hydrogen) atoms. The normalized spacial score (nSPS) is 46.6. The fraction of sp³-hybridized carbons (Fsp3) is 0.931. The van der Waals surface area contributed by atoms with Crippen molar-refractivity contribution in [1.82, 2.24) is 0 Å². The van der Waals surface area contributed by atoms with Crippen LogP contribution < -0.4 is 0 Å². The second-order valence-electron chi connectivity index (χ2n) is 12.8. The lowest BCUT2D eigenvalue weighted by Crippen LogP contribution is -2.62. The molecule has 11 atom stereocenters. The Bertz CT molecular complexity index is 766. The maximum absolute atomic E-state index is 11.9. The topological polar surface area (TPSA) is 72.8 Å². The quantitative estimate of drug-likeness (QED) is 0.493.